The van der Waals surface area contributed by atoms with Crippen LogP contribution in [0.2, 0.25) is 0 Å². The molecule has 1 radical (unpaired) electrons. The molecule has 3 rings (SSSR count). The number of carbonyl (C=O) groups excluding carboxylic acids is 1. The molecule has 0 saturated carbocycles. The summed E-state index contributed by atoms with van der Waals surface area (Å²) in [4.78, 5) is 17.4. The molecule has 2 heterocycles. The fourth-order valence-corrected chi connectivity index (χ4v) is 1.86. The van der Waals surface area contributed by atoms with Crippen molar-refractivity contribution < 1.29 is 51.2 Å². The Bertz CT molecular complexity index is 839. The number of halogens is 6. The maximum atomic E-state index is 11.9. The summed E-state index contributed by atoms with van der Waals surface area (Å²) >= 11 is 0. The molecule has 3 aromatic rings. The van der Waals surface area contributed by atoms with Gasteiger partial charge in [0.15, 0.2) is 0 Å². The number of pyridine rings is 1. The fraction of sp³-hybridized carbons (Fsp3) is 0.111. The van der Waals surface area contributed by atoms with Gasteiger partial charge in [0, 0.05) is 31.9 Å². The standard InChI is InChI=1S/C11H8N.C7H3F6NO.Ir/c1-2-6-10(7-3-1)11-8-4-5-9-12-11;8-6(9,10)3-1-4(14-2-3)5(15)7(11,12)13;/h1-6,8-9H;1-2H,(H,14,15);/q-1;;/p-1. The molecule has 0 aliphatic heterocycles. The fourth-order valence-electron chi connectivity index (χ4n) is 1.86. The van der Waals surface area contributed by atoms with E-state index in [-0.39, 0.29) is 32.4 Å². The summed E-state index contributed by atoms with van der Waals surface area (Å²) in [6.45, 7) is 0. The predicted molar refractivity (Wildman–Crippen MR) is 83.7 cm³/mol. The summed E-state index contributed by atoms with van der Waals surface area (Å²) in [7, 11) is 0. The van der Waals surface area contributed by atoms with Crippen LogP contribution in [0.25, 0.3) is 11.3 Å². The van der Waals surface area contributed by atoms with Gasteiger partial charge in [-0.25, -0.2) is 0 Å². The molecule has 151 valence electrons. The van der Waals surface area contributed by atoms with Gasteiger partial charge in [0.2, 0.25) is 5.78 Å². The van der Waals surface area contributed by atoms with Crippen LogP contribution >= 0.6 is 0 Å². The molecule has 0 amide bonds. The number of nitrogens with zero attached hydrogens (tertiary/aromatic N) is 2. The van der Waals surface area contributed by atoms with Crippen LogP contribution in [0.3, 0.4) is 0 Å². The second kappa shape index (κ2) is 9.66. The van der Waals surface area contributed by atoms with E-state index in [1.807, 2.05) is 42.5 Å². The Labute approximate surface area is 169 Å². The van der Waals surface area contributed by atoms with Crippen molar-refractivity contribution in [2.75, 3.05) is 0 Å². The zero-order valence-electron chi connectivity index (χ0n) is 13.7. The largest absolute Gasteiger partial charge is 0.660 e. The van der Waals surface area contributed by atoms with E-state index in [1.165, 1.54) is 0 Å². The molecule has 0 unspecified atom stereocenters. The minimum Gasteiger partial charge on any atom is -0.660 e. The van der Waals surface area contributed by atoms with Crippen LogP contribution in [0.15, 0.2) is 60.9 Å². The van der Waals surface area contributed by atoms with Gasteiger partial charge in [-0.1, -0.05) is 23.9 Å². The van der Waals surface area contributed by atoms with Gasteiger partial charge in [-0.3, -0.25) is 4.79 Å². The minimum atomic E-state index is -5.22. The van der Waals surface area contributed by atoms with Crippen molar-refractivity contribution in [3.63, 3.8) is 0 Å². The van der Waals surface area contributed by atoms with Gasteiger partial charge >= 0.3 is 12.4 Å². The monoisotopic (exact) mass is 577 g/mol. The van der Waals surface area contributed by atoms with Crippen molar-refractivity contribution in [3.8, 4) is 11.3 Å². The molecule has 2 aromatic heterocycles. The molecule has 0 aliphatic carbocycles. The van der Waals surface area contributed by atoms with E-state index in [0.717, 1.165) is 11.3 Å². The maximum Gasteiger partial charge on any atom is 0.452 e. The smallest absolute Gasteiger partial charge is 0.452 e. The number of carbonyl (C=O) groups is 1. The van der Waals surface area contributed by atoms with Gasteiger partial charge < -0.3 is 9.97 Å². The van der Waals surface area contributed by atoms with Gasteiger partial charge in [-0.05, 0) is 11.8 Å². The summed E-state index contributed by atoms with van der Waals surface area (Å²) < 4.78 is 71.1. The Morgan fingerprint density at radius 2 is 1.68 bits per heavy atom. The van der Waals surface area contributed by atoms with Crippen molar-refractivity contribution in [2.45, 2.75) is 12.4 Å². The van der Waals surface area contributed by atoms with Crippen LogP contribution in [-0.4, -0.2) is 16.9 Å². The van der Waals surface area contributed by atoms with Crippen LogP contribution in [-0.2, 0) is 26.3 Å². The molecule has 0 bridgehead atoms. The number of Topliss-reactive ketones (excluding diaryl/α,β-unsaturated/α-hetero) is 1. The third kappa shape index (κ3) is 6.61. The van der Waals surface area contributed by atoms with E-state index in [1.54, 1.807) is 6.20 Å². The van der Waals surface area contributed by atoms with E-state index >= 15 is 0 Å². The van der Waals surface area contributed by atoms with Gasteiger partial charge in [0.1, 0.15) is 0 Å². The van der Waals surface area contributed by atoms with Crippen LogP contribution < -0.4 is 4.98 Å². The van der Waals surface area contributed by atoms with Gasteiger partial charge in [-0.2, -0.15) is 32.5 Å². The first-order chi connectivity index (χ1) is 12.6. The van der Waals surface area contributed by atoms with Crippen molar-refractivity contribution in [1.29, 1.82) is 0 Å². The second-order valence-corrected chi connectivity index (χ2v) is 5.06. The van der Waals surface area contributed by atoms with Gasteiger partial charge in [-0.15, -0.1) is 35.9 Å². The van der Waals surface area contributed by atoms with Crippen LogP contribution in [0.4, 0.5) is 26.3 Å². The van der Waals surface area contributed by atoms with E-state index in [4.69, 9.17) is 0 Å². The Balaban J connectivity index is 0.000000275. The van der Waals surface area contributed by atoms with E-state index in [0.29, 0.717) is 0 Å². The van der Waals surface area contributed by atoms with Crippen molar-refractivity contribution in [2.24, 2.45) is 0 Å². The minimum absolute atomic E-state index is 0. The normalized spacial score (nSPS) is 11.1. The van der Waals surface area contributed by atoms with Crippen LogP contribution in [0, 0.1) is 6.07 Å². The summed E-state index contributed by atoms with van der Waals surface area (Å²) in [5, 5.41) is 0. The van der Waals surface area contributed by atoms with E-state index in [2.05, 4.69) is 16.0 Å². The number of hydrogen-bond acceptors (Lipinski definition) is 2. The molecule has 0 spiro atoms. The Hall–Kier alpha value is -2.45. The number of rotatable bonds is 2. The second-order valence-electron chi connectivity index (χ2n) is 5.06. The van der Waals surface area contributed by atoms with E-state index in [9.17, 15) is 31.1 Å². The number of ketones is 1. The van der Waals surface area contributed by atoms with Crippen molar-refractivity contribution in [1.82, 2.24) is 9.97 Å². The maximum absolute atomic E-state index is 11.9. The number of aromatic nitrogens is 2. The summed E-state index contributed by atoms with van der Waals surface area (Å²) in [6.07, 6.45) is -8.06. The SMILES string of the molecule is O=C(c1cc(C(F)(F)F)c[n-]1)C(F)(F)F.[Ir].[c-]1ccccc1-c1ccccn1. The molecule has 0 atom stereocenters. The topological polar surface area (TPSA) is 44.1 Å². The molecular weight excluding hydrogens is 566 g/mol. The number of alkyl halides is 6. The first-order valence-electron chi connectivity index (χ1n) is 7.28. The third-order valence-electron chi connectivity index (χ3n) is 3.10. The molecule has 1 aromatic carbocycles. The number of benzene rings is 1. The summed E-state index contributed by atoms with van der Waals surface area (Å²) in [6, 6.07) is 16.9. The van der Waals surface area contributed by atoms with Crippen molar-refractivity contribution in [3.05, 3.63) is 78.2 Å². The Kier molecular flexibility index (Phi) is 8.13. The zero-order chi connectivity index (χ0) is 20.1. The first kappa shape index (κ1) is 23.6. The van der Waals surface area contributed by atoms with Crippen LogP contribution in [0.1, 0.15) is 16.1 Å². The molecule has 3 nitrogen and oxygen atoms in total. The average molecular weight is 576 g/mol. The molecule has 10 heteroatoms. The summed E-state index contributed by atoms with van der Waals surface area (Å²) in [5.74, 6) is -2.39. The molecule has 0 fully saturated rings. The van der Waals surface area contributed by atoms with Gasteiger partial charge in [0.05, 0.1) is 0 Å². The Morgan fingerprint density at radius 3 is 2.14 bits per heavy atom. The number of hydrogen-bond donors (Lipinski definition) is 0. The average Bonchev–Trinajstić information content (AvgIpc) is 3.13. The predicted octanol–water partition coefficient (Wildman–Crippen LogP) is 4.95. The first-order valence-corrected chi connectivity index (χ1v) is 7.28. The third-order valence-corrected chi connectivity index (χ3v) is 3.10. The van der Waals surface area contributed by atoms with E-state index < -0.39 is 29.4 Å². The molecular formula is C18H10F6IrN2O-2. The van der Waals surface area contributed by atoms with Crippen LogP contribution in [0.5, 0.6) is 0 Å². The van der Waals surface area contributed by atoms with Crippen molar-refractivity contribution >= 4 is 5.78 Å². The Morgan fingerprint density at radius 1 is 1.00 bits per heavy atom. The quantitative estimate of drug-likeness (QED) is 0.246. The van der Waals surface area contributed by atoms with Gasteiger partial charge in [0.25, 0.3) is 0 Å². The molecule has 0 N–H and O–H groups in total. The molecule has 0 aliphatic rings. The molecule has 0 saturated heterocycles. The molecule has 28 heavy (non-hydrogen) atoms. The zero-order valence-corrected chi connectivity index (χ0v) is 16.1. The summed E-state index contributed by atoms with van der Waals surface area (Å²) in [5.41, 5.74) is -0.624.